The standard InChI is InChI=1S/C19H17BrClN3OS/c20-12-5-6-13-16(10-12)25-8-7-11-9-17(26-18(11)13)19(24-22)23-15-4-2-1-3-14(15)21/h1-6,9-11,18H,7-8,22H2,(H,23,24). The number of benzene rings is 2. The van der Waals surface area contributed by atoms with Gasteiger partial charge in [-0.05, 0) is 36.6 Å². The summed E-state index contributed by atoms with van der Waals surface area (Å²) in [5.41, 5.74) is 4.65. The zero-order valence-corrected chi connectivity index (χ0v) is 16.9. The molecule has 0 spiro atoms. The summed E-state index contributed by atoms with van der Waals surface area (Å²) in [4.78, 5) is 5.67. The van der Waals surface area contributed by atoms with Crippen molar-refractivity contribution in [3.63, 3.8) is 0 Å². The first-order valence-electron chi connectivity index (χ1n) is 8.26. The van der Waals surface area contributed by atoms with E-state index >= 15 is 0 Å². The van der Waals surface area contributed by atoms with E-state index < -0.39 is 0 Å². The van der Waals surface area contributed by atoms with E-state index in [0.29, 0.717) is 34.3 Å². The topological polar surface area (TPSA) is 59.6 Å². The zero-order valence-electron chi connectivity index (χ0n) is 13.8. The molecule has 0 fully saturated rings. The van der Waals surface area contributed by atoms with Crippen LogP contribution < -0.4 is 16.0 Å². The van der Waals surface area contributed by atoms with E-state index in [-0.39, 0.29) is 0 Å². The molecule has 2 atom stereocenters. The Balaban J connectivity index is 1.66. The van der Waals surface area contributed by atoms with Crippen molar-refractivity contribution in [2.45, 2.75) is 11.7 Å². The van der Waals surface area contributed by atoms with Crippen LogP contribution >= 0.6 is 39.3 Å². The van der Waals surface area contributed by atoms with Gasteiger partial charge < -0.3 is 10.2 Å². The Hall–Kier alpha value is -1.47. The highest BCUT2D eigenvalue weighted by molar-refractivity contribution is 9.10. The summed E-state index contributed by atoms with van der Waals surface area (Å²) in [6.07, 6.45) is 3.20. The molecule has 2 heterocycles. The number of nitrogens with zero attached hydrogens (tertiary/aromatic N) is 1. The number of amidine groups is 1. The molecule has 0 saturated carbocycles. The fourth-order valence-corrected chi connectivity index (χ4v) is 5.18. The van der Waals surface area contributed by atoms with Gasteiger partial charge in [-0.15, -0.1) is 11.8 Å². The lowest BCUT2D eigenvalue weighted by atomic mass is 9.96. The van der Waals surface area contributed by atoms with Gasteiger partial charge in [0.15, 0.2) is 5.84 Å². The molecule has 0 aliphatic carbocycles. The molecule has 2 aliphatic rings. The number of hydrogen-bond donors (Lipinski definition) is 2. The van der Waals surface area contributed by atoms with Crippen molar-refractivity contribution in [1.29, 1.82) is 0 Å². The minimum Gasteiger partial charge on any atom is -0.493 e. The molecular weight excluding hydrogens is 434 g/mol. The second kappa shape index (κ2) is 7.64. The third-order valence-corrected chi connectivity index (χ3v) is 6.71. The number of ether oxygens (including phenoxy) is 1. The second-order valence-electron chi connectivity index (χ2n) is 6.11. The number of hydrogen-bond acceptors (Lipinski definition) is 4. The molecule has 3 N–H and O–H groups in total. The number of nitrogens with two attached hydrogens (primary N) is 1. The van der Waals surface area contributed by atoms with E-state index in [0.717, 1.165) is 21.5 Å². The van der Waals surface area contributed by atoms with E-state index in [9.17, 15) is 0 Å². The van der Waals surface area contributed by atoms with Crippen LogP contribution in [-0.4, -0.2) is 12.4 Å². The van der Waals surface area contributed by atoms with E-state index in [1.165, 1.54) is 5.56 Å². The van der Waals surface area contributed by atoms with Crippen molar-refractivity contribution >= 4 is 50.8 Å². The summed E-state index contributed by atoms with van der Waals surface area (Å²) in [5.74, 6) is 7.73. The summed E-state index contributed by atoms with van der Waals surface area (Å²) in [7, 11) is 0. The molecule has 26 heavy (non-hydrogen) atoms. The maximum Gasteiger partial charge on any atom is 0.154 e. The number of para-hydroxylation sites is 1. The van der Waals surface area contributed by atoms with Gasteiger partial charge in [0, 0.05) is 20.2 Å². The molecule has 7 heteroatoms. The summed E-state index contributed by atoms with van der Waals surface area (Å²) in [6.45, 7) is 0.696. The van der Waals surface area contributed by atoms with Crippen molar-refractivity contribution in [1.82, 2.24) is 5.43 Å². The van der Waals surface area contributed by atoms with E-state index in [1.54, 1.807) is 11.8 Å². The molecule has 4 nitrogen and oxygen atoms in total. The minimum atomic E-state index is 0.292. The number of fused-ring (bicyclic) bond motifs is 3. The molecule has 0 aromatic heterocycles. The molecule has 134 valence electrons. The zero-order chi connectivity index (χ0) is 18.1. The SMILES string of the molecule is NNC(=Nc1ccccc1Cl)C1=CC2CCOc3cc(Br)ccc3C2S1. The van der Waals surface area contributed by atoms with Crippen LogP contribution in [0, 0.1) is 5.92 Å². The van der Waals surface area contributed by atoms with E-state index in [4.69, 9.17) is 22.2 Å². The van der Waals surface area contributed by atoms with Crippen molar-refractivity contribution in [2.75, 3.05) is 6.61 Å². The Morgan fingerprint density at radius 2 is 2.15 bits per heavy atom. The number of halogens is 2. The lowest BCUT2D eigenvalue weighted by molar-refractivity contribution is 0.306. The smallest absolute Gasteiger partial charge is 0.154 e. The molecule has 0 saturated heterocycles. The lowest BCUT2D eigenvalue weighted by Crippen LogP contribution is -2.30. The van der Waals surface area contributed by atoms with Gasteiger partial charge in [0.25, 0.3) is 0 Å². The molecule has 4 rings (SSSR count). The summed E-state index contributed by atoms with van der Waals surface area (Å²) >= 11 is 11.5. The maximum atomic E-state index is 6.23. The predicted molar refractivity (Wildman–Crippen MR) is 112 cm³/mol. The molecule has 0 radical (unpaired) electrons. The van der Waals surface area contributed by atoms with Crippen molar-refractivity contribution in [2.24, 2.45) is 16.8 Å². The van der Waals surface area contributed by atoms with Crippen LogP contribution in [0.5, 0.6) is 5.75 Å². The Morgan fingerprint density at radius 1 is 1.31 bits per heavy atom. The van der Waals surface area contributed by atoms with Gasteiger partial charge in [-0.3, -0.25) is 0 Å². The molecule has 2 aromatic carbocycles. The van der Waals surface area contributed by atoms with Crippen molar-refractivity contribution in [3.8, 4) is 5.75 Å². The number of thioether (sulfide) groups is 1. The first kappa shape index (κ1) is 17.9. The molecular formula is C19H17BrClN3OS. The van der Waals surface area contributed by atoms with Crippen LogP contribution in [0.15, 0.2) is 62.9 Å². The van der Waals surface area contributed by atoms with Gasteiger partial charge >= 0.3 is 0 Å². The average Bonchev–Trinajstić information content (AvgIpc) is 2.97. The van der Waals surface area contributed by atoms with Crippen LogP contribution in [0.1, 0.15) is 17.2 Å². The lowest BCUT2D eigenvalue weighted by Gasteiger charge is -2.17. The fraction of sp³-hybridized carbons (Fsp3) is 0.211. The van der Waals surface area contributed by atoms with Crippen LogP contribution in [0.3, 0.4) is 0 Å². The summed E-state index contributed by atoms with van der Waals surface area (Å²) < 4.78 is 6.96. The van der Waals surface area contributed by atoms with Crippen LogP contribution in [0.4, 0.5) is 5.69 Å². The van der Waals surface area contributed by atoms with E-state index in [2.05, 4.69) is 44.6 Å². The minimum absolute atomic E-state index is 0.292. The molecule has 0 bridgehead atoms. The third-order valence-electron chi connectivity index (χ3n) is 4.45. The monoisotopic (exact) mass is 449 g/mol. The van der Waals surface area contributed by atoms with Gasteiger partial charge in [-0.1, -0.05) is 51.8 Å². The largest absolute Gasteiger partial charge is 0.493 e. The Labute approximate surface area is 170 Å². The highest BCUT2D eigenvalue weighted by atomic mass is 79.9. The number of allylic oxidation sites excluding steroid dienone is 1. The van der Waals surface area contributed by atoms with Crippen LogP contribution in [-0.2, 0) is 0 Å². The van der Waals surface area contributed by atoms with E-state index in [1.807, 2.05) is 30.3 Å². The Kier molecular flexibility index (Phi) is 5.27. The number of nitrogens with one attached hydrogen (secondary N) is 1. The maximum absolute atomic E-state index is 6.23. The quantitative estimate of drug-likeness (QED) is 0.280. The van der Waals surface area contributed by atoms with Crippen molar-refractivity contribution < 1.29 is 4.74 Å². The van der Waals surface area contributed by atoms with Gasteiger partial charge in [0.1, 0.15) is 5.75 Å². The fourth-order valence-electron chi connectivity index (χ4n) is 3.20. The molecule has 2 aromatic rings. The molecule has 2 aliphatic heterocycles. The van der Waals surface area contributed by atoms with Gasteiger partial charge in [-0.2, -0.15) is 0 Å². The first-order valence-corrected chi connectivity index (χ1v) is 10.3. The van der Waals surface area contributed by atoms with Gasteiger partial charge in [0.05, 0.1) is 17.3 Å². The molecule has 0 amide bonds. The second-order valence-corrected chi connectivity index (χ2v) is 8.61. The normalized spacial score (nSPS) is 22.0. The average molecular weight is 451 g/mol. The first-order chi connectivity index (χ1) is 12.7. The number of aliphatic imine (C=N–C) groups is 1. The number of hydrazine groups is 1. The summed E-state index contributed by atoms with van der Waals surface area (Å²) in [5, 5.41) is 0.891. The summed E-state index contributed by atoms with van der Waals surface area (Å²) in [6, 6.07) is 13.7. The van der Waals surface area contributed by atoms with Crippen molar-refractivity contribution in [3.05, 3.63) is 68.5 Å². The highest BCUT2D eigenvalue weighted by Gasteiger charge is 2.35. The number of rotatable bonds is 2. The van der Waals surface area contributed by atoms with Crippen LogP contribution in [0.25, 0.3) is 0 Å². The van der Waals surface area contributed by atoms with Gasteiger partial charge in [-0.25, -0.2) is 10.8 Å². The highest BCUT2D eigenvalue weighted by Crippen LogP contribution is 2.53. The Bertz CT molecular complexity index is 902. The third kappa shape index (κ3) is 3.51. The predicted octanol–water partition coefficient (Wildman–Crippen LogP) is 5.37. The van der Waals surface area contributed by atoms with Gasteiger partial charge in [0.2, 0.25) is 0 Å². The Morgan fingerprint density at radius 3 is 2.96 bits per heavy atom. The van der Waals surface area contributed by atoms with Crippen LogP contribution in [0.2, 0.25) is 5.02 Å². The molecule has 2 unspecified atom stereocenters.